The van der Waals surface area contributed by atoms with Crippen LogP contribution in [-0.2, 0) is 11.2 Å². The van der Waals surface area contributed by atoms with Gasteiger partial charge in [0.2, 0.25) is 5.91 Å². The number of fused-ring (bicyclic) bond motifs is 1. The van der Waals surface area contributed by atoms with Gasteiger partial charge in [-0.2, -0.15) is 23.3 Å². The Kier molecular flexibility index (Phi) is 5.93. The SMILES string of the molecule is CCC(C)(C)[C@@H]1CCC2=NN(C(=O)Cc3ccc(OC)cc3)[C@](O)(C(F)(F)F)[C@H]2C1. The molecule has 1 saturated carbocycles. The average Bonchev–Trinajstić information content (AvgIpc) is 3.02. The minimum Gasteiger partial charge on any atom is -0.497 e. The second-order valence-electron chi connectivity index (χ2n) is 8.91. The number of hydrazone groups is 1. The van der Waals surface area contributed by atoms with Crippen LogP contribution in [0.25, 0.3) is 0 Å². The molecule has 1 aromatic carbocycles. The molecule has 0 bridgehead atoms. The highest BCUT2D eigenvalue weighted by Crippen LogP contribution is 2.52. The van der Waals surface area contributed by atoms with Gasteiger partial charge in [0.15, 0.2) is 0 Å². The van der Waals surface area contributed by atoms with Crippen molar-refractivity contribution in [2.75, 3.05) is 7.11 Å². The number of alkyl halides is 3. The van der Waals surface area contributed by atoms with Crippen molar-refractivity contribution in [3.63, 3.8) is 0 Å². The molecule has 30 heavy (non-hydrogen) atoms. The van der Waals surface area contributed by atoms with E-state index >= 15 is 0 Å². The first-order chi connectivity index (χ1) is 13.9. The lowest BCUT2D eigenvalue weighted by atomic mass is 9.64. The van der Waals surface area contributed by atoms with Crippen LogP contribution in [-0.4, -0.2) is 40.7 Å². The highest BCUT2D eigenvalue weighted by atomic mass is 19.4. The lowest BCUT2D eigenvalue weighted by Crippen LogP contribution is -2.62. The number of benzene rings is 1. The zero-order chi connectivity index (χ0) is 22.3. The Morgan fingerprint density at radius 2 is 1.93 bits per heavy atom. The molecule has 1 aliphatic heterocycles. The van der Waals surface area contributed by atoms with Gasteiger partial charge in [-0.15, -0.1) is 0 Å². The highest BCUT2D eigenvalue weighted by Gasteiger charge is 2.69. The van der Waals surface area contributed by atoms with Gasteiger partial charge in [-0.1, -0.05) is 39.3 Å². The predicted molar refractivity (Wildman–Crippen MR) is 107 cm³/mol. The number of ether oxygens (including phenoxy) is 1. The van der Waals surface area contributed by atoms with Crippen molar-refractivity contribution < 1.29 is 27.8 Å². The number of rotatable bonds is 5. The second kappa shape index (κ2) is 7.87. The third-order valence-electron chi connectivity index (χ3n) is 6.89. The summed E-state index contributed by atoms with van der Waals surface area (Å²) in [6, 6.07) is 6.48. The molecule has 0 spiro atoms. The van der Waals surface area contributed by atoms with Gasteiger partial charge in [0.1, 0.15) is 5.75 Å². The summed E-state index contributed by atoms with van der Waals surface area (Å²) in [5, 5.41) is 15.2. The number of amides is 1. The number of carbonyl (C=O) groups is 1. The highest BCUT2D eigenvalue weighted by molar-refractivity contribution is 5.93. The molecule has 1 N–H and O–H groups in total. The number of hydrogen-bond donors (Lipinski definition) is 1. The number of halogens is 3. The van der Waals surface area contributed by atoms with Crippen molar-refractivity contribution in [3.05, 3.63) is 29.8 Å². The van der Waals surface area contributed by atoms with Gasteiger partial charge in [0.05, 0.1) is 19.4 Å². The van der Waals surface area contributed by atoms with Gasteiger partial charge in [0, 0.05) is 5.71 Å². The molecule has 0 unspecified atom stereocenters. The van der Waals surface area contributed by atoms with E-state index in [0.29, 0.717) is 29.2 Å². The number of aliphatic hydroxyl groups is 1. The molecule has 166 valence electrons. The molecule has 1 aromatic rings. The minimum absolute atomic E-state index is 0.0111. The molecular formula is C22H29F3N2O3. The van der Waals surface area contributed by atoms with Crippen molar-refractivity contribution in [3.8, 4) is 5.75 Å². The first-order valence-electron chi connectivity index (χ1n) is 10.3. The van der Waals surface area contributed by atoms with E-state index in [1.165, 1.54) is 7.11 Å². The Morgan fingerprint density at radius 1 is 1.30 bits per heavy atom. The fourth-order valence-electron chi connectivity index (χ4n) is 4.46. The Balaban J connectivity index is 1.89. The van der Waals surface area contributed by atoms with E-state index in [4.69, 9.17) is 4.74 Å². The molecule has 3 rings (SSSR count). The maximum absolute atomic E-state index is 14.1. The van der Waals surface area contributed by atoms with E-state index in [-0.39, 0.29) is 29.9 Å². The van der Waals surface area contributed by atoms with Crippen molar-refractivity contribution in [1.82, 2.24) is 5.01 Å². The van der Waals surface area contributed by atoms with Crippen LogP contribution in [0.2, 0.25) is 0 Å². The van der Waals surface area contributed by atoms with Crippen LogP contribution in [0.5, 0.6) is 5.75 Å². The fraction of sp³-hybridized carbons (Fsp3) is 0.636. The molecule has 8 heteroatoms. The molecule has 0 radical (unpaired) electrons. The standard InChI is InChI=1S/C22H29F3N2O3/c1-5-20(2,3)15-8-11-18-17(13-15)21(29,22(23,24)25)27(26-18)19(28)12-14-6-9-16(30-4)10-7-14/h6-7,9-10,15,17,29H,5,8,11-13H2,1-4H3/t15-,17+,21-/m1/s1. The minimum atomic E-state index is -5.02. The smallest absolute Gasteiger partial charge is 0.439 e. The molecule has 1 fully saturated rings. The van der Waals surface area contributed by atoms with Crippen LogP contribution in [0.3, 0.4) is 0 Å². The van der Waals surface area contributed by atoms with Crippen molar-refractivity contribution in [2.45, 2.75) is 64.8 Å². The molecule has 1 aliphatic carbocycles. The van der Waals surface area contributed by atoms with E-state index in [0.717, 1.165) is 6.42 Å². The van der Waals surface area contributed by atoms with Crippen LogP contribution in [0.1, 0.15) is 52.0 Å². The number of nitrogens with zero attached hydrogens (tertiary/aromatic N) is 2. The molecule has 0 aromatic heterocycles. The van der Waals surface area contributed by atoms with E-state index in [2.05, 4.69) is 5.10 Å². The second-order valence-corrected chi connectivity index (χ2v) is 8.91. The van der Waals surface area contributed by atoms with E-state index in [9.17, 15) is 23.1 Å². The van der Waals surface area contributed by atoms with E-state index in [1.54, 1.807) is 24.3 Å². The van der Waals surface area contributed by atoms with Crippen LogP contribution in [0.4, 0.5) is 13.2 Å². The summed E-state index contributed by atoms with van der Waals surface area (Å²) in [5.41, 5.74) is -2.68. The van der Waals surface area contributed by atoms with Crippen LogP contribution in [0.15, 0.2) is 29.4 Å². The van der Waals surface area contributed by atoms with Gasteiger partial charge < -0.3 is 9.84 Å². The van der Waals surface area contributed by atoms with Gasteiger partial charge in [-0.05, 0) is 48.3 Å². The average molecular weight is 426 g/mol. The maximum Gasteiger partial charge on any atom is 0.439 e. The topological polar surface area (TPSA) is 62.1 Å². The third-order valence-corrected chi connectivity index (χ3v) is 6.89. The monoisotopic (exact) mass is 426 g/mol. The summed E-state index contributed by atoms with van der Waals surface area (Å²) in [4.78, 5) is 12.8. The summed E-state index contributed by atoms with van der Waals surface area (Å²) >= 11 is 0. The summed E-state index contributed by atoms with van der Waals surface area (Å²) in [6.07, 6.45) is -3.29. The summed E-state index contributed by atoms with van der Waals surface area (Å²) in [6.45, 7) is 6.08. The third kappa shape index (κ3) is 3.82. The largest absolute Gasteiger partial charge is 0.497 e. The first kappa shape index (κ1) is 22.6. The van der Waals surface area contributed by atoms with Gasteiger partial charge >= 0.3 is 6.18 Å². The van der Waals surface area contributed by atoms with Crippen molar-refractivity contribution in [2.24, 2.45) is 22.4 Å². The Bertz CT molecular complexity index is 820. The van der Waals surface area contributed by atoms with Gasteiger partial charge in [0.25, 0.3) is 5.72 Å². The van der Waals surface area contributed by atoms with Crippen LogP contribution >= 0.6 is 0 Å². The van der Waals surface area contributed by atoms with Crippen LogP contribution in [0, 0.1) is 17.3 Å². The Labute approximate surface area is 174 Å². The number of methoxy groups -OCH3 is 1. The summed E-state index contributed by atoms with van der Waals surface area (Å²) in [7, 11) is 1.50. The molecular weight excluding hydrogens is 397 g/mol. The van der Waals surface area contributed by atoms with Crippen LogP contribution < -0.4 is 4.74 Å². The lowest BCUT2D eigenvalue weighted by Gasteiger charge is -2.43. The number of hydrogen-bond acceptors (Lipinski definition) is 4. The molecule has 1 amide bonds. The number of carbonyl (C=O) groups excluding carboxylic acids is 1. The van der Waals surface area contributed by atoms with E-state index in [1.807, 2.05) is 20.8 Å². The summed E-state index contributed by atoms with van der Waals surface area (Å²) < 4.78 is 47.5. The maximum atomic E-state index is 14.1. The Morgan fingerprint density at radius 3 is 2.47 bits per heavy atom. The molecule has 2 aliphatic rings. The quantitative estimate of drug-likeness (QED) is 0.752. The molecule has 5 nitrogen and oxygen atoms in total. The van der Waals surface area contributed by atoms with E-state index < -0.39 is 23.7 Å². The zero-order valence-corrected chi connectivity index (χ0v) is 17.8. The van der Waals surface area contributed by atoms with Crippen molar-refractivity contribution >= 4 is 11.6 Å². The molecule has 0 saturated heterocycles. The first-order valence-corrected chi connectivity index (χ1v) is 10.3. The van der Waals surface area contributed by atoms with Gasteiger partial charge in [-0.25, -0.2) is 0 Å². The van der Waals surface area contributed by atoms with Crippen molar-refractivity contribution in [1.29, 1.82) is 0 Å². The fourth-order valence-corrected chi connectivity index (χ4v) is 4.46. The summed E-state index contributed by atoms with van der Waals surface area (Å²) in [5.74, 6) is -1.53. The predicted octanol–water partition coefficient (Wildman–Crippen LogP) is 4.54. The molecule has 3 atom stereocenters. The normalized spacial score (nSPS) is 26.9. The Hall–Kier alpha value is -2.09. The van der Waals surface area contributed by atoms with Gasteiger partial charge in [-0.3, -0.25) is 4.79 Å². The molecule has 1 heterocycles. The lowest BCUT2D eigenvalue weighted by molar-refractivity contribution is -0.318. The zero-order valence-electron chi connectivity index (χ0n) is 17.8.